The van der Waals surface area contributed by atoms with Crippen LogP contribution in [0, 0.1) is 5.82 Å². The maximum absolute atomic E-state index is 13.0. The SMILES string of the molecule is COc1ccccc1Nc1nc(N)nc(COC(=O)c2ccc(COc3ccc(F)cc3)o2)n1. The van der Waals surface area contributed by atoms with Crippen molar-refractivity contribution < 1.29 is 27.8 Å². The minimum Gasteiger partial charge on any atom is -0.495 e. The molecule has 0 saturated heterocycles. The summed E-state index contributed by atoms with van der Waals surface area (Å²) in [5.41, 5.74) is 6.40. The maximum Gasteiger partial charge on any atom is 0.374 e. The van der Waals surface area contributed by atoms with Crippen LogP contribution in [0.5, 0.6) is 11.5 Å². The molecule has 0 amide bonds. The Morgan fingerprint density at radius 3 is 2.62 bits per heavy atom. The Morgan fingerprint density at radius 2 is 1.82 bits per heavy atom. The van der Waals surface area contributed by atoms with Crippen molar-refractivity contribution >= 4 is 23.6 Å². The fourth-order valence-electron chi connectivity index (χ4n) is 2.88. The zero-order chi connectivity index (χ0) is 23.9. The number of benzene rings is 2. The van der Waals surface area contributed by atoms with Crippen molar-refractivity contribution in [2.45, 2.75) is 13.2 Å². The second-order valence-electron chi connectivity index (χ2n) is 6.84. The summed E-state index contributed by atoms with van der Waals surface area (Å²) in [5, 5.41) is 3.00. The molecular weight excluding hydrogens is 445 g/mol. The second kappa shape index (κ2) is 10.3. The average Bonchev–Trinajstić information content (AvgIpc) is 3.31. The van der Waals surface area contributed by atoms with Crippen LogP contribution in [-0.2, 0) is 18.0 Å². The molecule has 0 atom stereocenters. The van der Waals surface area contributed by atoms with Gasteiger partial charge >= 0.3 is 5.97 Å². The molecule has 11 heteroatoms. The Hall–Kier alpha value is -4.67. The number of carbonyl (C=O) groups excluding carboxylic acids is 1. The molecule has 2 aromatic heterocycles. The predicted molar refractivity (Wildman–Crippen MR) is 119 cm³/mol. The molecule has 0 aliphatic carbocycles. The molecule has 0 saturated carbocycles. The van der Waals surface area contributed by atoms with E-state index >= 15 is 0 Å². The van der Waals surface area contributed by atoms with Crippen molar-refractivity contribution in [3.05, 3.63) is 83.8 Å². The first-order valence-corrected chi connectivity index (χ1v) is 10.0. The molecule has 0 unspecified atom stereocenters. The quantitative estimate of drug-likeness (QED) is 0.351. The van der Waals surface area contributed by atoms with E-state index in [1.54, 1.807) is 25.3 Å². The minimum atomic E-state index is -0.716. The van der Waals surface area contributed by atoms with Crippen LogP contribution >= 0.6 is 0 Å². The highest BCUT2D eigenvalue weighted by molar-refractivity contribution is 5.86. The number of nitrogen functional groups attached to an aromatic ring is 1. The summed E-state index contributed by atoms with van der Waals surface area (Å²) in [6.45, 7) is -0.199. The molecule has 4 rings (SSSR count). The summed E-state index contributed by atoms with van der Waals surface area (Å²) in [7, 11) is 1.54. The number of carbonyl (C=O) groups is 1. The number of aromatic nitrogens is 3. The van der Waals surface area contributed by atoms with E-state index in [4.69, 9.17) is 24.4 Å². The van der Waals surface area contributed by atoms with Gasteiger partial charge in [0.15, 0.2) is 12.4 Å². The third-order valence-electron chi connectivity index (χ3n) is 4.44. The minimum absolute atomic E-state index is 0.0212. The molecule has 0 fully saturated rings. The first kappa shape index (κ1) is 22.5. The zero-order valence-electron chi connectivity index (χ0n) is 18.0. The Bertz CT molecular complexity index is 1280. The first-order chi connectivity index (χ1) is 16.5. The molecule has 4 aromatic rings. The van der Waals surface area contributed by atoms with E-state index in [9.17, 15) is 9.18 Å². The molecule has 34 heavy (non-hydrogen) atoms. The van der Waals surface area contributed by atoms with Crippen LogP contribution in [0.4, 0.5) is 22.0 Å². The van der Waals surface area contributed by atoms with Gasteiger partial charge in [-0.2, -0.15) is 15.0 Å². The molecule has 0 aliphatic rings. The average molecular weight is 465 g/mol. The molecular formula is C23H20FN5O5. The third-order valence-corrected chi connectivity index (χ3v) is 4.44. The largest absolute Gasteiger partial charge is 0.495 e. The number of nitrogens with two attached hydrogens (primary N) is 1. The van der Waals surface area contributed by atoms with Gasteiger partial charge in [0.2, 0.25) is 17.7 Å². The number of rotatable bonds is 9. The van der Waals surface area contributed by atoms with Crippen LogP contribution in [0.3, 0.4) is 0 Å². The number of esters is 1. The Morgan fingerprint density at radius 1 is 1.03 bits per heavy atom. The summed E-state index contributed by atoms with van der Waals surface area (Å²) in [5.74, 6) is 0.612. The zero-order valence-corrected chi connectivity index (χ0v) is 18.0. The van der Waals surface area contributed by atoms with E-state index in [-0.39, 0.29) is 42.5 Å². The molecule has 10 nitrogen and oxygen atoms in total. The monoisotopic (exact) mass is 465 g/mol. The van der Waals surface area contributed by atoms with Crippen LogP contribution < -0.4 is 20.5 Å². The molecule has 0 bridgehead atoms. The van der Waals surface area contributed by atoms with Crippen molar-refractivity contribution in [2.75, 3.05) is 18.2 Å². The van der Waals surface area contributed by atoms with E-state index in [1.807, 2.05) is 12.1 Å². The van der Waals surface area contributed by atoms with Gasteiger partial charge in [0.25, 0.3) is 0 Å². The summed E-state index contributed by atoms with van der Waals surface area (Å²) in [4.78, 5) is 24.6. The number of furan rings is 1. The van der Waals surface area contributed by atoms with Crippen LogP contribution in [0.15, 0.2) is 65.1 Å². The number of halogens is 1. The number of nitrogens with zero attached hydrogens (tertiary/aromatic N) is 3. The van der Waals surface area contributed by atoms with Gasteiger partial charge in [0, 0.05) is 0 Å². The fraction of sp³-hybridized carbons (Fsp3) is 0.130. The number of methoxy groups -OCH3 is 1. The Kier molecular flexibility index (Phi) is 6.82. The highest BCUT2D eigenvalue weighted by Gasteiger charge is 2.15. The Labute approximate surface area is 193 Å². The van der Waals surface area contributed by atoms with Gasteiger partial charge in [-0.15, -0.1) is 0 Å². The Balaban J connectivity index is 1.35. The number of anilines is 3. The number of hydrogen-bond donors (Lipinski definition) is 2. The maximum atomic E-state index is 13.0. The topological polar surface area (TPSA) is 135 Å². The lowest BCUT2D eigenvalue weighted by Crippen LogP contribution is -2.11. The summed E-state index contributed by atoms with van der Waals surface area (Å²) >= 11 is 0. The molecule has 0 aliphatic heterocycles. The molecule has 174 valence electrons. The standard InChI is InChI=1S/C23H20FN5O5/c1-31-18-5-3-2-4-17(18)26-23-28-20(27-22(25)29-23)13-33-21(30)19-11-10-16(34-19)12-32-15-8-6-14(24)7-9-15/h2-11H,12-13H2,1H3,(H3,25,26,27,28,29). The van der Waals surface area contributed by atoms with Gasteiger partial charge in [-0.3, -0.25) is 0 Å². The first-order valence-electron chi connectivity index (χ1n) is 10.0. The molecule has 2 aromatic carbocycles. The van der Waals surface area contributed by atoms with Crippen molar-refractivity contribution in [3.8, 4) is 11.5 Å². The second-order valence-corrected chi connectivity index (χ2v) is 6.84. The fourth-order valence-corrected chi connectivity index (χ4v) is 2.88. The van der Waals surface area contributed by atoms with Gasteiger partial charge < -0.3 is 29.7 Å². The van der Waals surface area contributed by atoms with E-state index < -0.39 is 5.97 Å². The third kappa shape index (κ3) is 5.76. The number of nitrogens with one attached hydrogen (secondary N) is 1. The highest BCUT2D eigenvalue weighted by atomic mass is 19.1. The van der Waals surface area contributed by atoms with Crippen molar-refractivity contribution in [3.63, 3.8) is 0 Å². The lowest BCUT2D eigenvalue weighted by atomic mass is 10.3. The highest BCUT2D eigenvalue weighted by Crippen LogP contribution is 2.25. The molecule has 0 spiro atoms. The van der Waals surface area contributed by atoms with Crippen LogP contribution in [-0.4, -0.2) is 28.0 Å². The van der Waals surface area contributed by atoms with Gasteiger partial charge in [0.1, 0.15) is 29.7 Å². The van der Waals surface area contributed by atoms with Crippen LogP contribution in [0.1, 0.15) is 22.1 Å². The van der Waals surface area contributed by atoms with Crippen molar-refractivity contribution in [1.29, 1.82) is 0 Å². The van der Waals surface area contributed by atoms with Crippen LogP contribution in [0.25, 0.3) is 0 Å². The summed E-state index contributed by atoms with van der Waals surface area (Å²) < 4.78 is 34.4. The van der Waals surface area contributed by atoms with E-state index in [1.165, 1.54) is 30.3 Å². The number of para-hydroxylation sites is 2. The van der Waals surface area contributed by atoms with E-state index in [0.29, 0.717) is 22.9 Å². The summed E-state index contributed by atoms with van der Waals surface area (Å²) in [6, 6.07) is 15.8. The lowest BCUT2D eigenvalue weighted by Gasteiger charge is -2.10. The summed E-state index contributed by atoms with van der Waals surface area (Å²) in [6.07, 6.45) is 0. The van der Waals surface area contributed by atoms with Crippen molar-refractivity contribution in [2.24, 2.45) is 0 Å². The molecule has 3 N–H and O–H groups in total. The lowest BCUT2D eigenvalue weighted by molar-refractivity contribution is 0.0421. The number of hydrogen-bond acceptors (Lipinski definition) is 10. The van der Waals surface area contributed by atoms with Gasteiger partial charge in [-0.05, 0) is 48.5 Å². The smallest absolute Gasteiger partial charge is 0.374 e. The van der Waals surface area contributed by atoms with Crippen LogP contribution in [0.2, 0.25) is 0 Å². The molecule has 2 heterocycles. The number of ether oxygens (including phenoxy) is 3. The normalized spacial score (nSPS) is 10.5. The van der Waals surface area contributed by atoms with E-state index in [0.717, 1.165) is 0 Å². The van der Waals surface area contributed by atoms with E-state index in [2.05, 4.69) is 20.3 Å². The van der Waals surface area contributed by atoms with Gasteiger partial charge in [0.05, 0.1) is 12.8 Å². The van der Waals surface area contributed by atoms with Gasteiger partial charge in [-0.1, -0.05) is 12.1 Å². The predicted octanol–water partition coefficient (Wildman–Crippen LogP) is 3.87. The van der Waals surface area contributed by atoms with Crippen molar-refractivity contribution in [1.82, 2.24) is 15.0 Å². The van der Waals surface area contributed by atoms with Gasteiger partial charge in [-0.25, -0.2) is 9.18 Å². The molecule has 0 radical (unpaired) electrons.